The maximum atomic E-state index is 12.7. The molecule has 1 atom stereocenters. The molecule has 162 valence electrons. The van der Waals surface area contributed by atoms with Crippen molar-refractivity contribution in [3.8, 4) is 0 Å². The van der Waals surface area contributed by atoms with Gasteiger partial charge in [-0.15, -0.1) is 0 Å². The molecular weight excluding hydrogens is 402 g/mol. The Morgan fingerprint density at radius 3 is 2.34 bits per heavy atom. The highest BCUT2D eigenvalue weighted by atomic mass is 16.2. The number of nitrogens with one attached hydrogen (secondary N) is 2. The summed E-state index contributed by atoms with van der Waals surface area (Å²) in [6, 6.07) is 23.8. The Morgan fingerprint density at radius 1 is 0.906 bits per heavy atom. The minimum Gasteiger partial charge on any atom is -0.326 e. The molecule has 3 aromatic rings. The molecule has 0 aromatic heterocycles. The lowest BCUT2D eigenvalue weighted by Crippen LogP contribution is -2.28. The number of rotatable bonds is 6. The van der Waals surface area contributed by atoms with Gasteiger partial charge in [0.25, 0.3) is 5.91 Å². The van der Waals surface area contributed by atoms with E-state index in [0.717, 1.165) is 12.1 Å². The molecule has 1 aliphatic heterocycles. The van der Waals surface area contributed by atoms with Crippen molar-refractivity contribution in [2.24, 2.45) is 5.92 Å². The molecule has 0 aliphatic carbocycles. The van der Waals surface area contributed by atoms with Crippen LogP contribution in [0.2, 0.25) is 0 Å². The van der Waals surface area contributed by atoms with Crippen molar-refractivity contribution in [2.45, 2.75) is 19.8 Å². The molecule has 1 heterocycles. The quantitative estimate of drug-likeness (QED) is 0.608. The molecule has 0 spiro atoms. The van der Waals surface area contributed by atoms with E-state index in [4.69, 9.17) is 0 Å². The van der Waals surface area contributed by atoms with Crippen LogP contribution in [0, 0.1) is 5.92 Å². The fraction of sp³-hybridized carbons (Fsp3) is 0.192. The van der Waals surface area contributed by atoms with Gasteiger partial charge in [-0.25, -0.2) is 0 Å². The number of hydrogen-bond acceptors (Lipinski definition) is 3. The summed E-state index contributed by atoms with van der Waals surface area (Å²) in [7, 11) is 0. The Hall–Kier alpha value is -3.93. The molecule has 1 saturated heterocycles. The number of carbonyl (C=O) groups excluding carboxylic acids is 3. The summed E-state index contributed by atoms with van der Waals surface area (Å²) >= 11 is 0. The van der Waals surface area contributed by atoms with Crippen LogP contribution in [-0.4, -0.2) is 24.3 Å². The first kappa shape index (κ1) is 21.3. The fourth-order valence-electron chi connectivity index (χ4n) is 3.74. The van der Waals surface area contributed by atoms with E-state index in [1.807, 2.05) is 54.6 Å². The molecule has 32 heavy (non-hydrogen) atoms. The van der Waals surface area contributed by atoms with Crippen molar-refractivity contribution in [1.82, 2.24) is 0 Å². The Kier molecular flexibility index (Phi) is 6.31. The van der Waals surface area contributed by atoms with Crippen LogP contribution in [0.25, 0.3) is 0 Å². The van der Waals surface area contributed by atoms with Gasteiger partial charge >= 0.3 is 0 Å². The highest BCUT2D eigenvalue weighted by Crippen LogP contribution is 2.27. The highest BCUT2D eigenvalue weighted by molar-refractivity contribution is 6.07. The second kappa shape index (κ2) is 9.47. The lowest BCUT2D eigenvalue weighted by molar-refractivity contribution is -0.122. The van der Waals surface area contributed by atoms with Gasteiger partial charge in [-0.05, 0) is 54.4 Å². The van der Waals surface area contributed by atoms with Crippen molar-refractivity contribution < 1.29 is 14.4 Å². The van der Waals surface area contributed by atoms with Crippen molar-refractivity contribution in [3.05, 3.63) is 90.0 Å². The number of benzene rings is 3. The Bertz CT molecular complexity index is 1130. The standard InChI is InChI=1S/C26H25N3O3/c1-2-18-11-13-22(14-12-18)28-26(32)20-16-24(30)29(17-20)23-10-6-7-19(15-23)25(31)27-21-8-4-3-5-9-21/h3-15,20H,2,16-17H2,1H3,(H,27,31)(H,28,32). The van der Waals surface area contributed by atoms with Crippen molar-refractivity contribution >= 4 is 34.8 Å². The summed E-state index contributed by atoms with van der Waals surface area (Å²) < 4.78 is 0. The number of para-hydroxylation sites is 1. The second-order valence-electron chi connectivity index (χ2n) is 7.82. The molecule has 6 heteroatoms. The summed E-state index contributed by atoms with van der Waals surface area (Å²) in [5.41, 5.74) is 3.67. The van der Waals surface area contributed by atoms with E-state index in [9.17, 15) is 14.4 Å². The minimum absolute atomic E-state index is 0.132. The van der Waals surface area contributed by atoms with Gasteiger partial charge in [0.15, 0.2) is 0 Å². The number of aryl methyl sites for hydroxylation is 1. The summed E-state index contributed by atoms with van der Waals surface area (Å²) in [4.78, 5) is 39.5. The number of hydrogen-bond donors (Lipinski definition) is 2. The zero-order valence-electron chi connectivity index (χ0n) is 17.9. The van der Waals surface area contributed by atoms with Crippen LogP contribution in [0.15, 0.2) is 78.9 Å². The summed E-state index contributed by atoms with van der Waals surface area (Å²) in [6.07, 6.45) is 1.07. The SMILES string of the molecule is CCc1ccc(NC(=O)C2CC(=O)N(c3cccc(C(=O)Nc4ccccc4)c3)C2)cc1. The molecule has 0 radical (unpaired) electrons. The van der Waals surface area contributed by atoms with E-state index in [0.29, 0.717) is 16.9 Å². The van der Waals surface area contributed by atoms with E-state index < -0.39 is 5.92 Å². The third-order valence-corrected chi connectivity index (χ3v) is 5.58. The van der Waals surface area contributed by atoms with E-state index in [1.54, 1.807) is 29.2 Å². The smallest absolute Gasteiger partial charge is 0.255 e. The van der Waals surface area contributed by atoms with Crippen LogP contribution in [0.4, 0.5) is 17.1 Å². The van der Waals surface area contributed by atoms with Crippen molar-refractivity contribution in [1.29, 1.82) is 0 Å². The first-order valence-electron chi connectivity index (χ1n) is 10.7. The first-order valence-corrected chi connectivity index (χ1v) is 10.7. The third-order valence-electron chi connectivity index (χ3n) is 5.58. The van der Waals surface area contributed by atoms with Crippen molar-refractivity contribution in [3.63, 3.8) is 0 Å². The molecule has 3 aromatic carbocycles. The molecule has 1 unspecified atom stereocenters. The van der Waals surface area contributed by atoms with Crippen LogP contribution in [-0.2, 0) is 16.0 Å². The molecule has 1 fully saturated rings. The van der Waals surface area contributed by atoms with Crippen LogP contribution in [0.3, 0.4) is 0 Å². The minimum atomic E-state index is -0.449. The van der Waals surface area contributed by atoms with Crippen LogP contribution in [0.5, 0.6) is 0 Å². The van der Waals surface area contributed by atoms with Gasteiger partial charge in [-0.1, -0.05) is 43.3 Å². The van der Waals surface area contributed by atoms with Gasteiger partial charge in [0, 0.05) is 35.6 Å². The lowest BCUT2D eigenvalue weighted by atomic mass is 10.1. The van der Waals surface area contributed by atoms with Gasteiger partial charge < -0.3 is 15.5 Å². The maximum Gasteiger partial charge on any atom is 0.255 e. The largest absolute Gasteiger partial charge is 0.326 e. The molecular formula is C26H25N3O3. The summed E-state index contributed by atoms with van der Waals surface area (Å²) in [6.45, 7) is 2.36. The Balaban J connectivity index is 1.42. The van der Waals surface area contributed by atoms with Gasteiger partial charge in [-0.2, -0.15) is 0 Å². The molecule has 0 saturated carbocycles. The van der Waals surface area contributed by atoms with Gasteiger partial charge in [0.1, 0.15) is 0 Å². The predicted octanol–water partition coefficient (Wildman–Crippen LogP) is 4.49. The summed E-state index contributed by atoms with van der Waals surface area (Å²) in [5.74, 6) is -1.01. The van der Waals surface area contributed by atoms with Crippen LogP contribution < -0.4 is 15.5 Å². The number of anilines is 3. The lowest BCUT2D eigenvalue weighted by Gasteiger charge is -2.18. The number of amides is 3. The van der Waals surface area contributed by atoms with Gasteiger partial charge in [-0.3, -0.25) is 14.4 Å². The molecule has 0 bridgehead atoms. The molecule has 6 nitrogen and oxygen atoms in total. The maximum absolute atomic E-state index is 12.7. The van der Waals surface area contributed by atoms with Gasteiger partial charge in [0.2, 0.25) is 11.8 Å². The average Bonchev–Trinajstić information content (AvgIpc) is 3.22. The van der Waals surface area contributed by atoms with Crippen molar-refractivity contribution in [2.75, 3.05) is 22.1 Å². The number of carbonyl (C=O) groups is 3. The normalized spacial score (nSPS) is 15.5. The van der Waals surface area contributed by atoms with Crippen LogP contribution in [0.1, 0.15) is 29.3 Å². The third kappa shape index (κ3) is 4.86. The van der Waals surface area contributed by atoms with E-state index in [1.165, 1.54) is 5.56 Å². The topological polar surface area (TPSA) is 78.5 Å². The van der Waals surface area contributed by atoms with E-state index in [-0.39, 0.29) is 30.7 Å². The summed E-state index contributed by atoms with van der Waals surface area (Å²) in [5, 5.41) is 5.75. The Labute approximate surface area is 187 Å². The van der Waals surface area contributed by atoms with E-state index >= 15 is 0 Å². The fourth-order valence-corrected chi connectivity index (χ4v) is 3.74. The molecule has 4 rings (SSSR count). The average molecular weight is 428 g/mol. The number of nitrogens with zero attached hydrogens (tertiary/aromatic N) is 1. The molecule has 1 aliphatic rings. The Morgan fingerprint density at radius 2 is 1.62 bits per heavy atom. The highest BCUT2D eigenvalue weighted by Gasteiger charge is 2.35. The zero-order valence-corrected chi connectivity index (χ0v) is 17.9. The van der Waals surface area contributed by atoms with E-state index in [2.05, 4.69) is 17.6 Å². The van der Waals surface area contributed by atoms with Crippen LogP contribution >= 0.6 is 0 Å². The first-order chi connectivity index (χ1) is 15.5. The molecule has 3 amide bonds. The monoisotopic (exact) mass is 427 g/mol. The molecule has 2 N–H and O–H groups in total. The zero-order chi connectivity index (χ0) is 22.5. The second-order valence-corrected chi connectivity index (χ2v) is 7.82. The van der Waals surface area contributed by atoms with Gasteiger partial charge in [0.05, 0.1) is 5.92 Å². The predicted molar refractivity (Wildman–Crippen MR) is 126 cm³/mol.